The highest BCUT2D eigenvalue weighted by Crippen LogP contribution is 2.26. The molecule has 1 amide bonds. The first-order valence-electron chi connectivity index (χ1n) is 9.44. The van der Waals surface area contributed by atoms with Gasteiger partial charge in [0.1, 0.15) is 5.75 Å². The van der Waals surface area contributed by atoms with E-state index < -0.39 is 10.8 Å². The molecule has 2 aromatic carbocycles. The summed E-state index contributed by atoms with van der Waals surface area (Å²) in [6, 6.07) is 11.4. The fourth-order valence-electron chi connectivity index (χ4n) is 3.03. The van der Waals surface area contributed by atoms with Gasteiger partial charge in [-0.2, -0.15) is 0 Å². The summed E-state index contributed by atoms with van der Waals surface area (Å²) in [6.07, 6.45) is 0. The molecular formula is C20H22N4O5S. The number of nitrogens with one attached hydrogen (secondary N) is 2. The van der Waals surface area contributed by atoms with E-state index in [-0.39, 0.29) is 16.4 Å². The monoisotopic (exact) mass is 430 g/mol. The third-order valence-electron chi connectivity index (χ3n) is 4.44. The molecule has 0 radical (unpaired) electrons. The fraction of sp³-hybridized carbons (Fsp3) is 0.300. The number of anilines is 2. The first-order valence-corrected chi connectivity index (χ1v) is 9.85. The number of nitro groups is 1. The van der Waals surface area contributed by atoms with Crippen molar-refractivity contribution >= 4 is 40.3 Å². The van der Waals surface area contributed by atoms with Crippen molar-refractivity contribution in [3.63, 3.8) is 0 Å². The van der Waals surface area contributed by atoms with Gasteiger partial charge in [0, 0.05) is 30.9 Å². The molecule has 2 N–H and O–H groups in total. The third-order valence-corrected chi connectivity index (χ3v) is 4.64. The van der Waals surface area contributed by atoms with Crippen LogP contribution in [-0.2, 0) is 4.74 Å². The van der Waals surface area contributed by atoms with Crippen LogP contribution in [0.25, 0.3) is 0 Å². The van der Waals surface area contributed by atoms with Crippen LogP contribution in [0.5, 0.6) is 5.75 Å². The van der Waals surface area contributed by atoms with E-state index in [1.54, 1.807) is 30.3 Å². The van der Waals surface area contributed by atoms with E-state index in [4.69, 9.17) is 21.7 Å². The predicted molar refractivity (Wildman–Crippen MR) is 117 cm³/mol. The van der Waals surface area contributed by atoms with E-state index in [2.05, 4.69) is 10.6 Å². The number of amides is 1. The van der Waals surface area contributed by atoms with Crippen LogP contribution in [-0.4, -0.2) is 48.9 Å². The first kappa shape index (κ1) is 21.5. The van der Waals surface area contributed by atoms with Gasteiger partial charge in [-0.05, 0) is 49.5 Å². The number of morpholine rings is 1. The molecule has 1 fully saturated rings. The van der Waals surface area contributed by atoms with Crippen LogP contribution in [0.4, 0.5) is 17.1 Å². The summed E-state index contributed by atoms with van der Waals surface area (Å²) in [7, 11) is 0. The maximum atomic E-state index is 12.9. The Morgan fingerprint density at radius 1 is 1.23 bits per heavy atom. The second-order valence-electron chi connectivity index (χ2n) is 6.42. The molecule has 0 aromatic heterocycles. The van der Waals surface area contributed by atoms with Crippen LogP contribution >= 0.6 is 12.2 Å². The summed E-state index contributed by atoms with van der Waals surface area (Å²) in [5.41, 5.74) is 1.30. The average Bonchev–Trinajstić information content (AvgIpc) is 2.75. The number of carbonyl (C=O) groups excluding carboxylic acids is 1. The number of thiocarbonyl (C=S) groups is 1. The number of rotatable bonds is 6. The van der Waals surface area contributed by atoms with Crippen molar-refractivity contribution < 1.29 is 19.2 Å². The molecule has 1 saturated heterocycles. The fourth-order valence-corrected chi connectivity index (χ4v) is 3.24. The van der Waals surface area contributed by atoms with Crippen molar-refractivity contribution in [1.82, 2.24) is 5.32 Å². The smallest absolute Gasteiger partial charge is 0.270 e. The SMILES string of the molecule is CCOc1ccc(NC(=S)NC(=O)c2cc([N+](=O)[O-])ccc2N2CCOCC2)cc1. The highest BCUT2D eigenvalue weighted by Gasteiger charge is 2.22. The molecule has 0 saturated carbocycles. The number of hydrogen-bond donors (Lipinski definition) is 2. The summed E-state index contributed by atoms with van der Waals surface area (Å²) in [6.45, 7) is 4.69. The van der Waals surface area contributed by atoms with E-state index in [0.29, 0.717) is 44.3 Å². The van der Waals surface area contributed by atoms with Gasteiger partial charge in [0.15, 0.2) is 5.11 Å². The molecule has 158 valence electrons. The third kappa shape index (κ3) is 5.43. The van der Waals surface area contributed by atoms with Gasteiger partial charge in [0.25, 0.3) is 11.6 Å². The maximum Gasteiger partial charge on any atom is 0.270 e. The Morgan fingerprint density at radius 3 is 2.57 bits per heavy atom. The molecule has 1 aliphatic rings. The van der Waals surface area contributed by atoms with E-state index in [9.17, 15) is 14.9 Å². The minimum Gasteiger partial charge on any atom is -0.494 e. The van der Waals surface area contributed by atoms with E-state index in [1.807, 2.05) is 11.8 Å². The Labute approximate surface area is 179 Å². The molecule has 1 heterocycles. The Hall–Kier alpha value is -3.24. The second-order valence-corrected chi connectivity index (χ2v) is 6.83. The summed E-state index contributed by atoms with van der Waals surface area (Å²) < 4.78 is 10.7. The molecule has 0 atom stereocenters. The molecule has 0 aliphatic carbocycles. The number of nitro benzene ring substituents is 1. The minimum atomic E-state index is -0.531. The van der Waals surface area contributed by atoms with E-state index >= 15 is 0 Å². The molecule has 9 nitrogen and oxygen atoms in total. The van der Waals surface area contributed by atoms with Crippen LogP contribution in [0, 0.1) is 10.1 Å². The molecular weight excluding hydrogens is 408 g/mol. The van der Waals surface area contributed by atoms with Gasteiger partial charge in [0.2, 0.25) is 0 Å². The number of carbonyl (C=O) groups is 1. The molecule has 0 unspecified atom stereocenters. The van der Waals surface area contributed by atoms with Crippen molar-refractivity contribution in [3.8, 4) is 5.75 Å². The van der Waals surface area contributed by atoms with E-state index in [1.165, 1.54) is 12.1 Å². The van der Waals surface area contributed by atoms with E-state index in [0.717, 1.165) is 5.75 Å². The first-order chi connectivity index (χ1) is 14.5. The number of nitrogens with zero attached hydrogens (tertiary/aromatic N) is 2. The number of non-ortho nitro benzene ring substituents is 1. The lowest BCUT2D eigenvalue weighted by Crippen LogP contribution is -2.39. The molecule has 1 aliphatic heterocycles. The Kier molecular flexibility index (Phi) is 7.15. The second kappa shape index (κ2) is 9.99. The Balaban J connectivity index is 1.74. The Bertz CT molecular complexity index is 929. The molecule has 3 rings (SSSR count). The highest BCUT2D eigenvalue weighted by atomic mass is 32.1. The summed E-state index contributed by atoms with van der Waals surface area (Å²) >= 11 is 5.24. The van der Waals surface area contributed by atoms with Gasteiger partial charge in [0.05, 0.1) is 36.0 Å². The van der Waals surface area contributed by atoms with Gasteiger partial charge < -0.3 is 19.7 Å². The summed E-state index contributed by atoms with van der Waals surface area (Å²) in [5.74, 6) is 0.202. The van der Waals surface area contributed by atoms with Crippen molar-refractivity contribution in [2.75, 3.05) is 43.1 Å². The molecule has 0 spiro atoms. The van der Waals surface area contributed by atoms with Crippen molar-refractivity contribution in [1.29, 1.82) is 0 Å². The Morgan fingerprint density at radius 2 is 1.93 bits per heavy atom. The quantitative estimate of drug-likeness (QED) is 0.409. The lowest BCUT2D eigenvalue weighted by atomic mass is 10.1. The van der Waals surface area contributed by atoms with Crippen LogP contribution in [0.2, 0.25) is 0 Å². The van der Waals surface area contributed by atoms with Crippen molar-refractivity contribution in [2.24, 2.45) is 0 Å². The van der Waals surface area contributed by atoms with Gasteiger partial charge >= 0.3 is 0 Å². The zero-order valence-corrected chi connectivity index (χ0v) is 17.2. The van der Waals surface area contributed by atoms with Crippen LogP contribution in [0.3, 0.4) is 0 Å². The highest BCUT2D eigenvalue weighted by molar-refractivity contribution is 7.80. The number of benzene rings is 2. The van der Waals surface area contributed by atoms with Crippen LogP contribution in [0.1, 0.15) is 17.3 Å². The molecule has 30 heavy (non-hydrogen) atoms. The predicted octanol–water partition coefficient (Wildman–Crippen LogP) is 2.96. The number of ether oxygens (including phenoxy) is 2. The molecule has 10 heteroatoms. The lowest BCUT2D eigenvalue weighted by Gasteiger charge is -2.30. The van der Waals surface area contributed by atoms with Crippen LogP contribution in [0.15, 0.2) is 42.5 Å². The van der Waals surface area contributed by atoms with Gasteiger partial charge in [-0.3, -0.25) is 20.2 Å². The molecule has 0 bridgehead atoms. The summed E-state index contributed by atoms with van der Waals surface area (Å²) in [5, 5.41) is 16.8. The standard InChI is InChI=1S/C20H22N4O5S/c1-2-29-16-6-3-14(4-7-16)21-20(30)22-19(25)17-13-15(24(26)27)5-8-18(17)23-9-11-28-12-10-23/h3-8,13H,2,9-12H2,1H3,(H2,21,22,25,30). The van der Waals surface area contributed by atoms with Gasteiger partial charge in [-0.25, -0.2) is 0 Å². The minimum absolute atomic E-state index is 0.0867. The normalized spacial score (nSPS) is 13.4. The van der Waals surface area contributed by atoms with Gasteiger partial charge in [-0.1, -0.05) is 0 Å². The average molecular weight is 430 g/mol. The molecule has 2 aromatic rings. The number of hydrogen-bond acceptors (Lipinski definition) is 7. The van der Waals surface area contributed by atoms with Crippen molar-refractivity contribution in [2.45, 2.75) is 6.92 Å². The van der Waals surface area contributed by atoms with Gasteiger partial charge in [-0.15, -0.1) is 0 Å². The largest absolute Gasteiger partial charge is 0.494 e. The topological polar surface area (TPSA) is 106 Å². The maximum absolute atomic E-state index is 12.9. The zero-order chi connectivity index (χ0) is 21.5. The van der Waals surface area contributed by atoms with Crippen molar-refractivity contribution in [3.05, 3.63) is 58.1 Å². The van der Waals surface area contributed by atoms with Crippen LogP contribution < -0.4 is 20.3 Å². The summed E-state index contributed by atoms with van der Waals surface area (Å²) in [4.78, 5) is 25.5. The zero-order valence-electron chi connectivity index (χ0n) is 16.4. The lowest BCUT2D eigenvalue weighted by molar-refractivity contribution is -0.384.